The topological polar surface area (TPSA) is 9.23 Å². The van der Waals surface area contributed by atoms with Gasteiger partial charge in [0.25, 0.3) is 0 Å². The van der Waals surface area contributed by atoms with Crippen LogP contribution in [0, 0.1) is 26.8 Å². The van der Waals surface area contributed by atoms with E-state index >= 15 is 0 Å². The molecule has 0 N–H and O–H groups in total. The first kappa shape index (κ1) is 26.7. The molecule has 3 heteroatoms. The van der Waals surface area contributed by atoms with Crippen molar-refractivity contribution in [2.45, 2.75) is 106 Å². The van der Waals surface area contributed by atoms with Crippen molar-refractivity contribution in [2.75, 3.05) is 0 Å². The Labute approximate surface area is 204 Å². The summed E-state index contributed by atoms with van der Waals surface area (Å²) in [7, 11) is 0. The maximum atomic E-state index is 7.26. The number of aryl methyl sites for hydroxylation is 2. The Morgan fingerprint density at radius 1 is 0.893 bits per heavy atom. The third-order valence-electron chi connectivity index (χ3n) is 6.32. The summed E-state index contributed by atoms with van der Waals surface area (Å²) in [6.07, 6.45) is 12.6. The fourth-order valence-corrected chi connectivity index (χ4v) is 17.9. The molecule has 0 fully saturated rings. The third-order valence-corrected chi connectivity index (χ3v) is 19.0. The predicted molar refractivity (Wildman–Crippen MR) is 122 cm³/mol. The first-order valence-electron chi connectivity index (χ1n) is 11.4. The van der Waals surface area contributed by atoms with Gasteiger partial charge in [0.15, 0.2) is 0 Å². The maximum Gasteiger partial charge on any atom is 0 e. The Morgan fingerprint density at radius 2 is 1.43 bits per heavy atom. The van der Waals surface area contributed by atoms with Crippen LogP contribution >= 0.6 is 0 Å². The fourth-order valence-electron chi connectivity index (χ4n) is 4.50. The SMILES string of the molecule is CCC[CH2][Sn]([CH2]CCC)([CH2]CCC)[O]C1=CCCc2c(C)[c-]c(C)c(C)c21.[Y]. The van der Waals surface area contributed by atoms with Crippen LogP contribution in [0.4, 0.5) is 0 Å². The Bertz CT molecular complexity index is 629. The molecule has 0 saturated heterocycles. The Morgan fingerprint density at radius 3 is 1.93 bits per heavy atom. The molecule has 0 unspecified atom stereocenters. The van der Waals surface area contributed by atoms with Gasteiger partial charge in [-0.1, -0.05) is 0 Å². The summed E-state index contributed by atoms with van der Waals surface area (Å²) < 4.78 is 11.4. The van der Waals surface area contributed by atoms with Gasteiger partial charge in [-0.05, 0) is 0 Å². The van der Waals surface area contributed by atoms with Gasteiger partial charge in [0, 0.05) is 32.7 Å². The van der Waals surface area contributed by atoms with E-state index in [1.807, 2.05) is 0 Å². The van der Waals surface area contributed by atoms with E-state index in [1.54, 1.807) is 0 Å². The van der Waals surface area contributed by atoms with Crippen molar-refractivity contribution in [1.82, 2.24) is 0 Å². The summed E-state index contributed by atoms with van der Waals surface area (Å²) in [5, 5.41) is 0. The van der Waals surface area contributed by atoms with E-state index in [0.717, 1.165) is 12.8 Å². The van der Waals surface area contributed by atoms with Crippen LogP contribution in [0.5, 0.6) is 0 Å². The quantitative estimate of drug-likeness (QED) is 0.195. The molecule has 0 aromatic heterocycles. The van der Waals surface area contributed by atoms with Gasteiger partial charge in [-0.2, -0.15) is 0 Å². The van der Waals surface area contributed by atoms with E-state index in [0.29, 0.717) is 0 Å². The van der Waals surface area contributed by atoms with Crippen LogP contribution in [0.2, 0.25) is 13.3 Å². The molecule has 2 rings (SSSR count). The molecule has 1 aromatic rings. The van der Waals surface area contributed by atoms with Gasteiger partial charge in [-0.15, -0.1) is 0 Å². The van der Waals surface area contributed by atoms with Crippen molar-refractivity contribution in [3.8, 4) is 0 Å². The Kier molecular flexibility index (Phi) is 12.5. The number of unbranched alkanes of at least 4 members (excludes halogenated alkanes) is 3. The number of fused-ring (bicyclic) bond motifs is 1. The van der Waals surface area contributed by atoms with Gasteiger partial charge in [-0.25, -0.2) is 0 Å². The number of allylic oxidation sites excluding steroid dienone is 1. The zero-order valence-electron chi connectivity index (χ0n) is 19.3. The minimum Gasteiger partial charge on any atom is 0 e. The van der Waals surface area contributed by atoms with Crippen molar-refractivity contribution in [3.05, 3.63) is 40.0 Å². The van der Waals surface area contributed by atoms with E-state index in [-0.39, 0.29) is 32.7 Å². The van der Waals surface area contributed by atoms with Gasteiger partial charge < -0.3 is 0 Å². The standard InChI is InChI=1S/C13H15O.3C4H9.Sn.Y/c1-8-7-9(2)11-5-4-6-12(14)13(11)10(8)3;3*1-3-4-2;;/h6,14H,4-5H2,1-3H3;3*1,3-4H2,2H3;;/q-1;;;;+1;/p-1. The number of hydrogen-bond acceptors (Lipinski definition) is 1. The van der Waals surface area contributed by atoms with E-state index in [4.69, 9.17) is 3.07 Å². The second-order valence-corrected chi connectivity index (χ2v) is 20.2. The van der Waals surface area contributed by atoms with Gasteiger partial charge in [-0.3, -0.25) is 0 Å². The van der Waals surface area contributed by atoms with E-state index in [2.05, 4.69) is 53.7 Å². The largest absolute Gasteiger partial charge is 0 e. The molecular formula is C25H41OSnY-. The van der Waals surface area contributed by atoms with Gasteiger partial charge >= 0.3 is 174 Å². The molecule has 0 spiro atoms. The van der Waals surface area contributed by atoms with Crippen LogP contribution in [0.25, 0.3) is 5.76 Å². The number of benzene rings is 1. The van der Waals surface area contributed by atoms with Crippen molar-refractivity contribution in [3.63, 3.8) is 0 Å². The van der Waals surface area contributed by atoms with Crippen molar-refractivity contribution < 1.29 is 35.8 Å². The summed E-state index contributed by atoms with van der Waals surface area (Å²) >= 11 is -2.65. The van der Waals surface area contributed by atoms with Crippen molar-refractivity contribution in [1.29, 1.82) is 0 Å². The zero-order chi connectivity index (χ0) is 19.9. The molecule has 28 heavy (non-hydrogen) atoms. The minimum absolute atomic E-state index is 0. The molecule has 0 saturated carbocycles. The molecule has 1 nitrogen and oxygen atoms in total. The summed E-state index contributed by atoms with van der Waals surface area (Å²) in [5.74, 6) is 1.26. The zero-order valence-corrected chi connectivity index (χ0v) is 25.0. The fraction of sp³-hybridized carbons (Fsp3) is 0.680. The molecule has 1 aliphatic carbocycles. The molecule has 0 bridgehead atoms. The summed E-state index contributed by atoms with van der Waals surface area (Å²) in [6, 6.07) is 3.59. The predicted octanol–water partition coefficient (Wildman–Crippen LogP) is 8.06. The van der Waals surface area contributed by atoms with Crippen LogP contribution in [-0.4, -0.2) is 18.8 Å². The smallest absolute Gasteiger partial charge is 0 e. The molecule has 0 heterocycles. The van der Waals surface area contributed by atoms with Crippen LogP contribution in [0.1, 0.15) is 93.5 Å². The van der Waals surface area contributed by atoms with E-state index in [1.165, 1.54) is 85.4 Å². The second kappa shape index (κ2) is 13.2. The monoisotopic (exact) mass is 566 g/mol. The average Bonchev–Trinajstić information content (AvgIpc) is 2.67. The number of hydrogen-bond donors (Lipinski definition) is 0. The first-order valence-corrected chi connectivity index (χ1v) is 18.6. The van der Waals surface area contributed by atoms with E-state index < -0.39 is 18.8 Å². The van der Waals surface area contributed by atoms with Crippen LogP contribution < -0.4 is 0 Å². The molecule has 155 valence electrons. The molecule has 0 amide bonds. The average molecular weight is 565 g/mol. The molecular weight excluding hydrogens is 524 g/mol. The number of rotatable bonds is 11. The Hall–Kier alpha value is 0.663. The van der Waals surface area contributed by atoms with Crippen LogP contribution in [0.3, 0.4) is 0 Å². The summed E-state index contributed by atoms with van der Waals surface area (Å²) in [6.45, 7) is 13.7. The molecule has 1 aromatic carbocycles. The first-order chi connectivity index (χ1) is 13.0. The molecule has 1 radical (unpaired) electrons. The Balaban J connectivity index is 0.00000392. The van der Waals surface area contributed by atoms with Crippen LogP contribution in [0.15, 0.2) is 6.08 Å². The van der Waals surface area contributed by atoms with Crippen molar-refractivity contribution >= 4 is 24.6 Å². The maximum absolute atomic E-state index is 7.26. The third kappa shape index (κ3) is 6.84. The molecule has 1 aliphatic rings. The normalized spacial score (nSPS) is 13.6. The summed E-state index contributed by atoms with van der Waals surface area (Å²) in [4.78, 5) is 0. The molecule has 0 atom stereocenters. The van der Waals surface area contributed by atoms with E-state index in [9.17, 15) is 0 Å². The van der Waals surface area contributed by atoms with Gasteiger partial charge in [0.1, 0.15) is 0 Å². The second-order valence-electron chi connectivity index (χ2n) is 8.56. The molecule has 0 aliphatic heterocycles. The van der Waals surface area contributed by atoms with Gasteiger partial charge in [0.05, 0.1) is 0 Å². The van der Waals surface area contributed by atoms with Crippen molar-refractivity contribution in [2.24, 2.45) is 0 Å². The van der Waals surface area contributed by atoms with Gasteiger partial charge in [0.2, 0.25) is 0 Å². The van der Waals surface area contributed by atoms with Crippen LogP contribution in [-0.2, 0) is 42.2 Å². The minimum atomic E-state index is -2.65. The summed E-state index contributed by atoms with van der Waals surface area (Å²) in [5.41, 5.74) is 6.94.